The van der Waals surface area contributed by atoms with E-state index in [0.29, 0.717) is 30.4 Å². The van der Waals surface area contributed by atoms with E-state index in [1.54, 1.807) is 0 Å². The quantitative estimate of drug-likeness (QED) is 0.00836. The molecular weight excluding hydrogens is 1250 g/mol. The monoisotopic (exact) mass is 1390 g/mol. The summed E-state index contributed by atoms with van der Waals surface area (Å²) < 4.78 is 77.9. The summed E-state index contributed by atoms with van der Waals surface area (Å²) in [6.45, 7) is 26.8. The van der Waals surface area contributed by atoms with Crippen molar-refractivity contribution in [1.82, 2.24) is 10.2 Å². The largest absolute Gasteiger partial charge is 1.00 e. The van der Waals surface area contributed by atoms with E-state index < -0.39 is 66.2 Å². The number of likely N-dealkylation sites (N-methyl/N-ethyl adjacent to an activating group) is 1. The van der Waals surface area contributed by atoms with Crippen molar-refractivity contribution in [3.63, 3.8) is 0 Å². The van der Waals surface area contributed by atoms with Gasteiger partial charge in [0.15, 0.2) is 11.4 Å². The van der Waals surface area contributed by atoms with Crippen LogP contribution in [0, 0.1) is 28.6 Å². The normalized spacial score (nSPS) is 15.5. The van der Waals surface area contributed by atoms with Gasteiger partial charge in [-0.25, -0.2) is 8.42 Å². The molecule has 1 rings (SSSR count). The zero-order valence-corrected chi connectivity index (χ0v) is 65.8. The van der Waals surface area contributed by atoms with Gasteiger partial charge in [0.2, 0.25) is 11.8 Å². The predicted octanol–water partition coefficient (Wildman–Crippen LogP) is 10.5. The third-order valence-electron chi connectivity index (χ3n) is 17.5. The molecule has 0 spiro atoms. The van der Waals surface area contributed by atoms with Crippen LogP contribution in [0.2, 0.25) is 0 Å². The van der Waals surface area contributed by atoms with Crippen molar-refractivity contribution in [2.24, 2.45) is 34.3 Å². The summed E-state index contributed by atoms with van der Waals surface area (Å²) in [7, 11) is -3.85. The summed E-state index contributed by atoms with van der Waals surface area (Å²) in [6, 6.07) is 0. The predicted molar refractivity (Wildman–Crippen MR) is 367 cm³/mol. The molecule has 6 atom stereocenters. The number of ether oxygens (including phenoxy) is 4. The summed E-state index contributed by atoms with van der Waals surface area (Å²) in [5.74, 6) is -2.66. The Morgan fingerprint density at radius 3 is 1.59 bits per heavy atom. The van der Waals surface area contributed by atoms with E-state index in [1.165, 1.54) is 62.7 Å². The molecule has 21 nitrogen and oxygen atoms in total. The molecule has 550 valence electrons. The maximum Gasteiger partial charge on any atom is 1.00 e. The van der Waals surface area contributed by atoms with Gasteiger partial charge in [-0.05, 0) is 100 Å². The van der Waals surface area contributed by atoms with Crippen molar-refractivity contribution in [1.29, 1.82) is 0 Å². The zero-order valence-electron chi connectivity index (χ0n) is 62.1. The average Bonchev–Trinajstić information content (AvgIpc) is 1.60. The van der Waals surface area contributed by atoms with Crippen molar-refractivity contribution < 1.29 is 113 Å². The Bertz CT molecular complexity index is 2150. The molecule has 94 heavy (non-hydrogen) atoms. The molecule has 1 saturated heterocycles. The Labute approximate surface area is 594 Å². The zero-order chi connectivity index (χ0) is 70.8. The molecule has 0 aliphatic carbocycles. The van der Waals surface area contributed by atoms with Crippen LogP contribution in [0.15, 0.2) is 0 Å². The Balaban J connectivity index is -0.00000134. The number of hydrogen-bond acceptors (Lipinski definition) is 19. The number of nitrogens with two attached hydrogens (primary N) is 1. The van der Waals surface area contributed by atoms with Gasteiger partial charge in [0.05, 0.1) is 47.4 Å². The molecule has 0 bridgehead atoms. The first-order valence-corrected chi connectivity index (χ1v) is 39.0. The summed E-state index contributed by atoms with van der Waals surface area (Å²) in [5, 5.41) is 1.39. The van der Waals surface area contributed by atoms with E-state index in [2.05, 4.69) is 67.6 Å². The maximum atomic E-state index is 12.7. The molecule has 1 heterocycles. The van der Waals surface area contributed by atoms with Gasteiger partial charge in [-0.15, -0.1) is 0 Å². The topological polar surface area (TPSA) is 296 Å². The summed E-state index contributed by atoms with van der Waals surface area (Å²) >= 11 is 0. The molecular formula is C70H136N4NaO17PS. The average molecular weight is 1390 g/mol. The van der Waals surface area contributed by atoms with Crippen molar-refractivity contribution in [2.45, 2.75) is 299 Å². The number of hydrogen-bond donors (Lipinski definition) is 2. The van der Waals surface area contributed by atoms with Crippen molar-refractivity contribution in [3.8, 4) is 0 Å². The van der Waals surface area contributed by atoms with E-state index in [-0.39, 0.29) is 109 Å². The second-order valence-electron chi connectivity index (χ2n) is 28.2. The molecule has 1 aliphatic heterocycles. The van der Waals surface area contributed by atoms with E-state index in [1.807, 2.05) is 35.0 Å². The first kappa shape index (κ1) is 96.1. The fourth-order valence-electron chi connectivity index (χ4n) is 9.98. The number of nitrogens with one attached hydrogen (secondary N) is 1. The minimum Gasteiger partial charge on any atom is -0.756 e. The summed E-state index contributed by atoms with van der Waals surface area (Å²) in [6.07, 6.45) is 28.9. The molecule has 2 amide bonds. The van der Waals surface area contributed by atoms with Gasteiger partial charge in [-0.2, -0.15) is 0 Å². The number of unbranched alkanes of at least 4 members (excludes halogenated alkanes) is 18. The number of carbonyl (C=O) groups is 6. The van der Waals surface area contributed by atoms with Crippen LogP contribution in [0.1, 0.15) is 288 Å². The van der Waals surface area contributed by atoms with Gasteiger partial charge in [-0.3, -0.25) is 38.2 Å². The van der Waals surface area contributed by atoms with Crippen LogP contribution < -0.4 is 45.5 Å². The molecule has 0 aromatic rings. The minimum atomic E-state index is -5.01. The number of imide groups is 1. The molecule has 0 aromatic heterocycles. The van der Waals surface area contributed by atoms with Gasteiger partial charge in [0, 0.05) is 31.7 Å². The number of carbonyl (C=O) groups excluding carboxylic acids is 6. The number of amides is 2. The second kappa shape index (κ2) is 56.6. The van der Waals surface area contributed by atoms with Crippen molar-refractivity contribution >= 4 is 53.6 Å². The molecule has 0 radical (unpaired) electrons. The van der Waals surface area contributed by atoms with E-state index >= 15 is 0 Å². The SMILES string of the molecule is CC(C)(C)C(C)(C)CC1CC(=O)N(CCCCCNCCCCCN)C1=O.CCCCC(CC)COC(=O)CC(C(=O)OCC(CC)CCCC)S(=O)(=O)[O-].CCCCCCCCCC(=O)OCC(COP(=O)([O-])OCC[N+](C)(C)C)OC(=O)CCCCCCCCC.[Na+]. The Hall–Kier alpha value is -2.08. The maximum absolute atomic E-state index is 12.7. The summed E-state index contributed by atoms with van der Waals surface area (Å²) in [5.41, 5.74) is 5.62. The minimum absolute atomic E-state index is 0. The first-order valence-electron chi connectivity index (χ1n) is 36.1. The number of phosphoric acid groups is 1. The van der Waals surface area contributed by atoms with Gasteiger partial charge < -0.3 is 53.0 Å². The van der Waals surface area contributed by atoms with Crippen LogP contribution in [-0.4, -0.2) is 156 Å². The fraction of sp³-hybridized carbons (Fsp3) is 0.914. The molecule has 1 fully saturated rings. The van der Waals surface area contributed by atoms with Gasteiger partial charge in [0.1, 0.15) is 29.9 Å². The van der Waals surface area contributed by atoms with Crippen molar-refractivity contribution in [3.05, 3.63) is 0 Å². The molecule has 3 N–H and O–H groups in total. The fourth-order valence-corrected chi connectivity index (χ4v) is 11.4. The standard InChI is InChI=1S/C28H56NO8P.C22H43N3O2.C20H38O7S.Na/c1-6-8-10-12-14-16-18-20-27(30)34-24-26(25-36-38(32,33)35-23-22-29(3,4)5)37-28(31)21-19-17-15-13-11-9-7-2;1-21(2,3)22(4,5)17-18-16-19(26)25(20(18)27)15-11-7-10-14-24-13-9-6-8-12-23;1-5-9-11-16(7-3)14-26-19(21)13-18(28(23,24)25)20(22)27-15-17(8-4)12-10-6-2;/h26H,6-25H2,1-5H3;18,24H,6-17,23H2,1-5H3;16-18H,5-15H2,1-4H3,(H,23,24,25);/q;;;+1/p-1. The Morgan fingerprint density at radius 2 is 1.11 bits per heavy atom. The van der Waals surface area contributed by atoms with Crippen LogP contribution >= 0.6 is 7.82 Å². The van der Waals surface area contributed by atoms with E-state index in [0.717, 1.165) is 142 Å². The molecule has 6 unspecified atom stereocenters. The van der Waals surface area contributed by atoms with Crippen LogP contribution in [0.25, 0.3) is 0 Å². The number of rotatable bonds is 55. The molecule has 24 heteroatoms. The van der Waals surface area contributed by atoms with Crippen LogP contribution in [0.3, 0.4) is 0 Å². The molecule has 0 saturated carbocycles. The number of quaternary nitrogens is 1. The smallest absolute Gasteiger partial charge is 0.756 e. The number of likely N-dealkylation sites (tertiary alicyclic amines) is 1. The molecule has 0 aromatic carbocycles. The number of nitrogens with zero attached hydrogens (tertiary/aromatic N) is 2. The summed E-state index contributed by atoms with van der Waals surface area (Å²) in [4.78, 5) is 87.4. The number of phosphoric ester groups is 1. The Kier molecular flexibility index (Phi) is 57.9. The number of esters is 4. The van der Waals surface area contributed by atoms with Gasteiger partial charge in [0.25, 0.3) is 7.82 Å². The van der Waals surface area contributed by atoms with Crippen molar-refractivity contribution in [2.75, 3.05) is 86.9 Å². The Morgan fingerprint density at radius 1 is 0.638 bits per heavy atom. The van der Waals surface area contributed by atoms with Crippen LogP contribution in [-0.2, 0) is 71.4 Å². The van der Waals surface area contributed by atoms with Gasteiger partial charge in [-0.1, -0.05) is 205 Å². The molecule has 1 aliphatic rings. The third kappa shape index (κ3) is 52.0. The van der Waals surface area contributed by atoms with Crippen LogP contribution in [0.5, 0.6) is 0 Å². The second-order valence-corrected chi connectivity index (χ2v) is 31.2. The first-order chi connectivity index (χ1) is 43.8. The van der Waals surface area contributed by atoms with E-state index in [4.69, 9.17) is 33.7 Å². The van der Waals surface area contributed by atoms with Gasteiger partial charge >= 0.3 is 53.4 Å². The van der Waals surface area contributed by atoms with Crippen LogP contribution in [0.4, 0.5) is 0 Å². The third-order valence-corrected chi connectivity index (χ3v) is 19.6. The van der Waals surface area contributed by atoms with E-state index in [9.17, 15) is 51.2 Å².